The Morgan fingerprint density at radius 2 is 2.19 bits per heavy atom. The SMILES string of the molecule is CCNC(=NCCN(CC)C1CC1)N1CCN(c2cnn(C)c2)C(=O)C1. The number of amides is 1. The highest BCUT2D eigenvalue weighted by Crippen LogP contribution is 2.26. The van der Waals surface area contributed by atoms with Crippen molar-refractivity contribution in [1.29, 1.82) is 0 Å². The number of aromatic nitrogens is 2. The first-order valence-corrected chi connectivity index (χ1v) is 9.68. The summed E-state index contributed by atoms with van der Waals surface area (Å²) in [7, 11) is 1.86. The predicted molar refractivity (Wildman–Crippen MR) is 103 cm³/mol. The fraction of sp³-hybridized carbons (Fsp3) is 0.722. The molecule has 1 amide bonds. The molecule has 1 N–H and O–H groups in total. The van der Waals surface area contributed by atoms with Crippen molar-refractivity contribution in [3.63, 3.8) is 0 Å². The predicted octanol–water partition coefficient (Wildman–Crippen LogP) is 0.519. The van der Waals surface area contributed by atoms with Crippen LogP contribution in [0.15, 0.2) is 17.4 Å². The number of aliphatic imine (C=N–C) groups is 1. The summed E-state index contributed by atoms with van der Waals surface area (Å²) in [5, 5.41) is 7.50. The Hall–Kier alpha value is -2.09. The summed E-state index contributed by atoms with van der Waals surface area (Å²) in [6.45, 7) is 9.68. The molecule has 2 fully saturated rings. The van der Waals surface area contributed by atoms with E-state index in [0.717, 1.165) is 50.4 Å². The van der Waals surface area contributed by atoms with E-state index < -0.39 is 0 Å². The molecule has 0 unspecified atom stereocenters. The summed E-state index contributed by atoms with van der Waals surface area (Å²) < 4.78 is 1.72. The molecule has 1 aromatic rings. The van der Waals surface area contributed by atoms with Gasteiger partial charge in [-0.25, -0.2) is 0 Å². The zero-order valence-corrected chi connectivity index (χ0v) is 16.2. The van der Waals surface area contributed by atoms with E-state index in [1.807, 2.05) is 13.2 Å². The highest BCUT2D eigenvalue weighted by molar-refractivity contribution is 5.98. The quantitative estimate of drug-likeness (QED) is 0.566. The summed E-state index contributed by atoms with van der Waals surface area (Å²) in [6.07, 6.45) is 6.26. The number of hydrogen-bond donors (Lipinski definition) is 1. The van der Waals surface area contributed by atoms with E-state index in [9.17, 15) is 4.79 Å². The molecular formula is C18H31N7O. The molecule has 2 heterocycles. The Balaban J connectivity index is 1.58. The monoisotopic (exact) mass is 361 g/mol. The lowest BCUT2D eigenvalue weighted by Gasteiger charge is -2.35. The zero-order valence-electron chi connectivity index (χ0n) is 16.2. The zero-order chi connectivity index (χ0) is 18.5. The van der Waals surface area contributed by atoms with Gasteiger partial charge >= 0.3 is 0 Å². The Morgan fingerprint density at radius 1 is 1.38 bits per heavy atom. The number of carbonyl (C=O) groups excluding carboxylic acids is 1. The van der Waals surface area contributed by atoms with E-state index in [-0.39, 0.29) is 5.91 Å². The van der Waals surface area contributed by atoms with E-state index in [0.29, 0.717) is 13.1 Å². The summed E-state index contributed by atoms with van der Waals surface area (Å²) in [4.78, 5) is 23.7. The highest BCUT2D eigenvalue weighted by Gasteiger charge is 2.29. The number of carbonyl (C=O) groups is 1. The van der Waals surface area contributed by atoms with Crippen LogP contribution in [0.5, 0.6) is 0 Å². The second kappa shape index (κ2) is 8.53. The molecular weight excluding hydrogens is 330 g/mol. The molecule has 0 radical (unpaired) electrons. The van der Waals surface area contributed by atoms with Gasteiger partial charge < -0.3 is 15.1 Å². The fourth-order valence-corrected chi connectivity index (χ4v) is 3.42. The summed E-state index contributed by atoms with van der Waals surface area (Å²) in [5.41, 5.74) is 0.863. The van der Waals surface area contributed by atoms with Gasteiger partial charge in [0.15, 0.2) is 5.96 Å². The van der Waals surface area contributed by atoms with Gasteiger partial charge in [0.05, 0.1) is 18.4 Å². The van der Waals surface area contributed by atoms with Crippen LogP contribution in [0.2, 0.25) is 0 Å². The van der Waals surface area contributed by atoms with Crippen molar-refractivity contribution >= 4 is 17.6 Å². The second-order valence-corrected chi connectivity index (χ2v) is 6.93. The molecule has 1 saturated carbocycles. The molecule has 144 valence electrons. The first kappa shape index (κ1) is 18.7. The van der Waals surface area contributed by atoms with Crippen LogP contribution in [0.4, 0.5) is 5.69 Å². The fourth-order valence-electron chi connectivity index (χ4n) is 3.42. The van der Waals surface area contributed by atoms with Crippen molar-refractivity contribution in [3.8, 4) is 0 Å². The topological polar surface area (TPSA) is 69.0 Å². The summed E-state index contributed by atoms with van der Waals surface area (Å²) in [5.74, 6) is 0.932. The number of rotatable bonds is 7. The number of likely N-dealkylation sites (N-methyl/N-ethyl adjacent to an activating group) is 1. The van der Waals surface area contributed by atoms with Crippen LogP contribution >= 0.6 is 0 Å². The van der Waals surface area contributed by atoms with Gasteiger partial charge in [0.25, 0.3) is 0 Å². The third-order valence-electron chi connectivity index (χ3n) is 4.98. The lowest BCUT2D eigenvalue weighted by Crippen LogP contribution is -2.55. The molecule has 26 heavy (non-hydrogen) atoms. The van der Waals surface area contributed by atoms with Crippen LogP contribution < -0.4 is 10.2 Å². The minimum atomic E-state index is 0.0861. The molecule has 8 heteroatoms. The molecule has 0 bridgehead atoms. The number of anilines is 1. The van der Waals surface area contributed by atoms with Crippen LogP contribution in [0.25, 0.3) is 0 Å². The number of hydrogen-bond acceptors (Lipinski definition) is 4. The average molecular weight is 361 g/mol. The van der Waals surface area contributed by atoms with Crippen LogP contribution in [0.1, 0.15) is 26.7 Å². The van der Waals surface area contributed by atoms with Crippen LogP contribution in [0.3, 0.4) is 0 Å². The molecule has 1 aliphatic heterocycles. The average Bonchev–Trinajstić information content (AvgIpc) is 3.38. The molecule has 1 saturated heterocycles. The molecule has 3 rings (SSSR count). The molecule has 0 spiro atoms. The molecule has 1 aromatic heterocycles. The Morgan fingerprint density at radius 3 is 2.77 bits per heavy atom. The van der Waals surface area contributed by atoms with Gasteiger partial charge in [0.1, 0.15) is 6.54 Å². The highest BCUT2D eigenvalue weighted by atomic mass is 16.2. The van der Waals surface area contributed by atoms with Crippen molar-refractivity contribution in [2.45, 2.75) is 32.7 Å². The van der Waals surface area contributed by atoms with Gasteiger partial charge in [0.2, 0.25) is 5.91 Å². The van der Waals surface area contributed by atoms with E-state index in [1.54, 1.807) is 15.8 Å². The van der Waals surface area contributed by atoms with E-state index in [2.05, 4.69) is 34.1 Å². The second-order valence-electron chi connectivity index (χ2n) is 6.93. The van der Waals surface area contributed by atoms with Gasteiger partial charge in [0, 0.05) is 45.5 Å². The van der Waals surface area contributed by atoms with Crippen molar-refractivity contribution in [2.24, 2.45) is 12.0 Å². The first-order chi connectivity index (χ1) is 12.6. The van der Waals surface area contributed by atoms with Gasteiger partial charge in [-0.05, 0) is 26.3 Å². The molecule has 2 aliphatic rings. The first-order valence-electron chi connectivity index (χ1n) is 9.68. The van der Waals surface area contributed by atoms with Gasteiger partial charge in [-0.15, -0.1) is 0 Å². The Bertz CT molecular complexity index is 637. The molecule has 1 aliphatic carbocycles. The Kier molecular flexibility index (Phi) is 6.13. The van der Waals surface area contributed by atoms with E-state index in [4.69, 9.17) is 4.99 Å². The summed E-state index contributed by atoms with van der Waals surface area (Å²) in [6, 6.07) is 0.766. The van der Waals surface area contributed by atoms with Gasteiger partial charge in [-0.2, -0.15) is 5.10 Å². The maximum atomic E-state index is 12.6. The van der Waals surface area contributed by atoms with Gasteiger partial charge in [-0.1, -0.05) is 6.92 Å². The number of nitrogens with one attached hydrogen (secondary N) is 1. The number of piperazine rings is 1. The number of nitrogens with zero attached hydrogens (tertiary/aromatic N) is 6. The molecule has 0 aromatic carbocycles. The minimum Gasteiger partial charge on any atom is -0.357 e. The van der Waals surface area contributed by atoms with Crippen LogP contribution in [-0.4, -0.2) is 83.3 Å². The van der Waals surface area contributed by atoms with Crippen LogP contribution in [-0.2, 0) is 11.8 Å². The van der Waals surface area contributed by atoms with E-state index in [1.165, 1.54) is 12.8 Å². The third kappa shape index (κ3) is 4.55. The van der Waals surface area contributed by atoms with Crippen molar-refractivity contribution in [2.75, 3.05) is 50.7 Å². The lowest BCUT2D eigenvalue weighted by atomic mass is 10.3. The van der Waals surface area contributed by atoms with Crippen LogP contribution in [0, 0.1) is 0 Å². The van der Waals surface area contributed by atoms with Crippen molar-refractivity contribution < 1.29 is 4.79 Å². The molecule has 8 nitrogen and oxygen atoms in total. The molecule has 0 atom stereocenters. The minimum absolute atomic E-state index is 0.0861. The standard InChI is InChI=1S/C18H31N7O/c1-4-19-18(20-8-9-23(5-2)15-6-7-15)24-10-11-25(17(26)14-24)16-12-21-22(3)13-16/h12-13,15H,4-11,14H2,1-3H3,(H,19,20). The normalized spacial score (nSPS) is 18.8. The number of aryl methyl sites for hydroxylation is 1. The van der Waals surface area contributed by atoms with Crippen molar-refractivity contribution in [1.82, 2.24) is 24.9 Å². The summed E-state index contributed by atoms with van der Waals surface area (Å²) >= 11 is 0. The van der Waals surface area contributed by atoms with Crippen molar-refractivity contribution in [3.05, 3.63) is 12.4 Å². The van der Waals surface area contributed by atoms with E-state index >= 15 is 0 Å². The maximum absolute atomic E-state index is 12.6. The Labute approximate surface area is 155 Å². The van der Waals surface area contributed by atoms with Gasteiger partial charge in [-0.3, -0.25) is 19.4 Å². The third-order valence-corrected chi connectivity index (χ3v) is 4.98. The largest absolute Gasteiger partial charge is 0.357 e. The smallest absolute Gasteiger partial charge is 0.246 e. The number of guanidine groups is 1. The maximum Gasteiger partial charge on any atom is 0.246 e. The lowest BCUT2D eigenvalue weighted by molar-refractivity contribution is -0.120.